The molecule has 0 aromatic carbocycles. The summed E-state index contributed by atoms with van der Waals surface area (Å²) in [6.45, 7) is 4.97. The Labute approximate surface area is 110 Å². The van der Waals surface area contributed by atoms with Crippen LogP contribution in [0.2, 0.25) is 0 Å². The van der Waals surface area contributed by atoms with E-state index in [2.05, 4.69) is 4.98 Å². The smallest absolute Gasteiger partial charge is 0.313 e. The van der Waals surface area contributed by atoms with Crippen molar-refractivity contribution in [3.63, 3.8) is 0 Å². The molecule has 0 saturated heterocycles. The first-order valence-corrected chi connectivity index (χ1v) is 5.72. The van der Waals surface area contributed by atoms with Crippen LogP contribution in [0.25, 0.3) is 0 Å². The number of hydrogen-bond acceptors (Lipinski definition) is 5. The molecule has 1 N–H and O–H groups in total. The van der Waals surface area contributed by atoms with Gasteiger partial charge in [0.2, 0.25) is 5.88 Å². The average Bonchev–Trinajstić information content (AvgIpc) is 2.29. The zero-order valence-corrected chi connectivity index (χ0v) is 11.2. The molecule has 0 aliphatic rings. The molecular formula is C12H16N2O5. The lowest BCUT2D eigenvalue weighted by atomic mass is 9.91. The van der Waals surface area contributed by atoms with Gasteiger partial charge in [0.25, 0.3) is 5.69 Å². The number of ether oxygens (including phenoxy) is 1. The second kappa shape index (κ2) is 5.64. The van der Waals surface area contributed by atoms with Crippen molar-refractivity contribution in [3.8, 4) is 5.88 Å². The van der Waals surface area contributed by atoms with Crippen molar-refractivity contribution in [1.82, 2.24) is 4.98 Å². The molecule has 0 radical (unpaired) electrons. The number of nitro groups is 1. The summed E-state index contributed by atoms with van der Waals surface area (Å²) in [5.41, 5.74) is 0.125. The third kappa shape index (κ3) is 2.98. The number of carboxylic acid groups (broad SMARTS) is 1. The van der Waals surface area contributed by atoms with Gasteiger partial charge in [-0.2, -0.15) is 0 Å². The van der Waals surface area contributed by atoms with Crippen LogP contribution in [0.4, 0.5) is 5.69 Å². The first-order valence-electron chi connectivity index (χ1n) is 5.72. The second-order valence-corrected chi connectivity index (χ2v) is 4.54. The molecule has 0 fully saturated rings. The Morgan fingerprint density at radius 3 is 2.47 bits per heavy atom. The van der Waals surface area contributed by atoms with Gasteiger partial charge in [0.05, 0.1) is 12.0 Å². The van der Waals surface area contributed by atoms with Gasteiger partial charge in [-0.05, 0) is 12.8 Å². The van der Waals surface area contributed by atoms with Crippen LogP contribution in [-0.2, 0) is 4.79 Å². The molecule has 0 bridgehead atoms. The fourth-order valence-electron chi connectivity index (χ4n) is 1.90. The zero-order chi connectivity index (χ0) is 14.7. The molecule has 104 valence electrons. The third-order valence-electron chi connectivity index (χ3n) is 2.79. The lowest BCUT2D eigenvalue weighted by Gasteiger charge is -2.17. The van der Waals surface area contributed by atoms with Crippen LogP contribution in [0.3, 0.4) is 0 Å². The van der Waals surface area contributed by atoms with Gasteiger partial charge in [0, 0.05) is 11.6 Å². The standard InChI is InChI=1S/C12H16N2O5/c1-6(2)9(12(15)16)10-8(14(17)18)5-7(3)11(13-10)19-4/h5-6,9H,1-4H3,(H,15,16). The fourth-order valence-corrected chi connectivity index (χ4v) is 1.90. The predicted octanol–water partition coefficient (Wildman–Crippen LogP) is 2.13. The molecule has 0 aliphatic carbocycles. The predicted molar refractivity (Wildman–Crippen MR) is 67.4 cm³/mol. The number of hydrogen-bond donors (Lipinski definition) is 1. The number of pyridine rings is 1. The second-order valence-electron chi connectivity index (χ2n) is 4.54. The minimum absolute atomic E-state index is 0.0741. The van der Waals surface area contributed by atoms with Gasteiger partial charge in [-0.15, -0.1) is 0 Å². The van der Waals surface area contributed by atoms with E-state index in [1.807, 2.05) is 0 Å². The van der Waals surface area contributed by atoms with Crippen LogP contribution in [0.15, 0.2) is 6.07 Å². The van der Waals surface area contributed by atoms with E-state index in [4.69, 9.17) is 4.74 Å². The van der Waals surface area contributed by atoms with E-state index in [9.17, 15) is 20.0 Å². The Balaban J connectivity index is 3.53. The Morgan fingerprint density at radius 1 is 1.53 bits per heavy atom. The van der Waals surface area contributed by atoms with Crippen LogP contribution in [-0.4, -0.2) is 28.1 Å². The van der Waals surface area contributed by atoms with Gasteiger partial charge in [0.1, 0.15) is 11.6 Å². The maximum absolute atomic E-state index is 11.3. The quantitative estimate of drug-likeness (QED) is 0.648. The maximum atomic E-state index is 11.3. The van der Waals surface area contributed by atoms with Crippen LogP contribution in [0.1, 0.15) is 31.0 Å². The maximum Gasteiger partial charge on any atom is 0.313 e. The normalized spacial score (nSPS) is 12.3. The molecule has 0 saturated carbocycles. The SMILES string of the molecule is COc1nc(C(C(=O)O)C(C)C)c([N+](=O)[O-])cc1C. The van der Waals surface area contributed by atoms with E-state index >= 15 is 0 Å². The van der Waals surface area contributed by atoms with E-state index in [1.54, 1.807) is 20.8 Å². The van der Waals surface area contributed by atoms with Crippen molar-refractivity contribution < 1.29 is 19.6 Å². The van der Waals surface area contributed by atoms with Gasteiger partial charge in [-0.25, -0.2) is 4.98 Å². The molecule has 7 heteroatoms. The van der Waals surface area contributed by atoms with Crippen molar-refractivity contribution >= 4 is 11.7 Å². The van der Waals surface area contributed by atoms with Crippen LogP contribution >= 0.6 is 0 Å². The van der Waals surface area contributed by atoms with E-state index < -0.39 is 16.8 Å². The van der Waals surface area contributed by atoms with Gasteiger partial charge in [0.15, 0.2) is 0 Å². The molecule has 0 amide bonds. The van der Waals surface area contributed by atoms with Crippen molar-refractivity contribution in [1.29, 1.82) is 0 Å². The summed E-state index contributed by atoms with van der Waals surface area (Å²) < 4.78 is 5.00. The van der Waals surface area contributed by atoms with E-state index in [0.717, 1.165) is 0 Å². The van der Waals surface area contributed by atoms with Gasteiger partial charge < -0.3 is 9.84 Å². The molecule has 1 heterocycles. The Kier molecular flexibility index (Phi) is 4.42. The highest BCUT2D eigenvalue weighted by molar-refractivity contribution is 5.77. The number of nitrogens with zero attached hydrogens (tertiary/aromatic N) is 2. The third-order valence-corrected chi connectivity index (χ3v) is 2.79. The van der Waals surface area contributed by atoms with Crippen LogP contribution in [0, 0.1) is 23.0 Å². The lowest BCUT2D eigenvalue weighted by molar-refractivity contribution is -0.386. The molecular weight excluding hydrogens is 252 g/mol. The van der Waals surface area contributed by atoms with Crippen molar-refractivity contribution in [2.75, 3.05) is 7.11 Å². The topological polar surface area (TPSA) is 103 Å². The number of aliphatic carboxylic acids is 1. The average molecular weight is 268 g/mol. The highest BCUT2D eigenvalue weighted by Crippen LogP contribution is 2.33. The molecule has 1 aromatic rings. The Hall–Kier alpha value is -2.18. The number of carbonyl (C=O) groups is 1. The number of aryl methyl sites for hydroxylation is 1. The van der Waals surface area contributed by atoms with Crippen LogP contribution in [0.5, 0.6) is 5.88 Å². The first kappa shape index (κ1) is 14.9. The number of methoxy groups -OCH3 is 1. The molecule has 1 aromatic heterocycles. The van der Waals surface area contributed by atoms with E-state index in [-0.39, 0.29) is 23.2 Å². The summed E-state index contributed by atoms with van der Waals surface area (Å²) in [6.07, 6.45) is 0. The summed E-state index contributed by atoms with van der Waals surface area (Å²) in [4.78, 5) is 25.7. The molecule has 1 atom stereocenters. The minimum atomic E-state index is -1.14. The first-order chi connectivity index (χ1) is 8.79. The molecule has 1 unspecified atom stereocenters. The highest BCUT2D eigenvalue weighted by Gasteiger charge is 2.33. The molecule has 0 aliphatic heterocycles. The Bertz CT molecular complexity index is 513. The number of aromatic nitrogens is 1. The van der Waals surface area contributed by atoms with Gasteiger partial charge in [-0.3, -0.25) is 14.9 Å². The van der Waals surface area contributed by atoms with E-state index in [1.165, 1.54) is 13.2 Å². The summed E-state index contributed by atoms with van der Waals surface area (Å²) in [5.74, 6) is -2.31. The van der Waals surface area contributed by atoms with E-state index in [0.29, 0.717) is 5.56 Å². The minimum Gasteiger partial charge on any atom is -0.481 e. The molecule has 1 rings (SSSR count). The Morgan fingerprint density at radius 2 is 2.11 bits per heavy atom. The number of carboxylic acids is 1. The van der Waals surface area contributed by atoms with Crippen molar-refractivity contribution in [3.05, 3.63) is 27.4 Å². The monoisotopic (exact) mass is 268 g/mol. The lowest BCUT2D eigenvalue weighted by Crippen LogP contribution is -2.20. The molecule has 19 heavy (non-hydrogen) atoms. The summed E-state index contributed by atoms with van der Waals surface area (Å²) >= 11 is 0. The van der Waals surface area contributed by atoms with Crippen molar-refractivity contribution in [2.45, 2.75) is 26.7 Å². The van der Waals surface area contributed by atoms with Gasteiger partial charge >= 0.3 is 5.97 Å². The summed E-state index contributed by atoms with van der Waals surface area (Å²) in [6, 6.07) is 1.29. The zero-order valence-electron chi connectivity index (χ0n) is 11.2. The van der Waals surface area contributed by atoms with Crippen LogP contribution < -0.4 is 4.74 Å². The summed E-state index contributed by atoms with van der Waals surface area (Å²) in [7, 11) is 1.39. The highest BCUT2D eigenvalue weighted by atomic mass is 16.6. The van der Waals surface area contributed by atoms with Crippen molar-refractivity contribution in [2.24, 2.45) is 5.92 Å². The molecule has 0 spiro atoms. The fraction of sp³-hybridized carbons (Fsp3) is 0.500. The molecule has 7 nitrogen and oxygen atoms in total. The largest absolute Gasteiger partial charge is 0.481 e. The van der Waals surface area contributed by atoms with Gasteiger partial charge in [-0.1, -0.05) is 13.8 Å². The summed E-state index contributed by atoms with van der Waals surface area (Å²) in [5, 5.41) is 20.3. The number of rotatable bonds is 5.